The summed E-state index contributed by atoms with van der Waals surface area (Å²) in [5.41, 5.74) is 2.43. The lowest BCUT2D eigenvalue weighted by Crippen LogP contribution is -2.25. The van der Waals surface area contributed by atoms with Crippen LogP contribution in [0, 0.1) is 5.92 Å². The number of ether oxygens (including phenoxy) is 1. The summed E-state index contributed by atoms with van der Waals surface area (Å²) in [6.07, 6.45) is 0. The van der Waals surface area contributed by atoms with E-state index in [2.05, 4.69) is 37.2 Å². The number of nitrogens with zero attached hydrogens (tertiary/aromatic N) is 1. The lowest BCUT2D eigenvalue weighted by Gasteiger charge is -2.23. The molecular weight excluding hydrogens is 260 g/mol. The maximum Gasteiger partial charge on any atom is 0.0637 e. The fourth-order valence-corrected chi connectivity index (χ4v) is 2.05. The first-order chi connectivity index (χ1) is 9.04. The van der Waals surface area contributed by atoms with Gasteiger partial charge in [-0.1, -0.05) is 31.5 Å². The minimum Gasteiger partial charge on any atom is -0.383 e. The number of nitrogens with one attached hydrogen (secondary N) is 1. The summed E-state index contributed by atoms with van der Waals surface area (Å²) in [6, 6.07) is 6.06. The average molecular weight is 285 g/mol. The highest BCUT2D eigenvalue weighted by Crippen LogP contribution is 2.24. The van der Waals surface area contributed by atoms with Crippen molar-refractivity contribution in [3.8, 4) is 0 Å². The van der Waals surface area contributed by atoms with Crippen molar-refractivity contribution in [2.45, 2.75) is 20.4 Å². The maximum atomic E-state index is 6.10. The molecule has 1 rings (SSSR count). The molecule has 3 nitrogen and oxygen atoms in total. The molecule has 0 aromatic heterocycles. The number of anilines is 1. The Labute approximate surface area is 121 Å². The van der Waals surface area contributed by atoms with E-state index in [4.69, 9.17) is 16.3 Å². The summed E-state index contributed by atoms with van der Waals surface area (Å²) in [7, 11) is 3.79. The van der Waals surface area contributed by atoms with Gasteiger partial charge in [0.1, 0.15) is 0 Å². The summed E-state index contributed by atoms with van der Waals surface area (Å²) in [5, 5.41) is 4.24. The number of hydrogen-bond donors (Lipinski definition) is 1. The Kier molecular flexibility index (Phi) is 7.21. The minimum atomic E-state index is 0.655. The molecule has 19 heavy (non-hydrogen) atoms. The van der Waals surface area contributed by atoms with Crippen molar-refractivity contribution in [1.29, 1.82) is 0 Å². The van der Waals surface area contributed by atoms with E-state index in [0.29, 0.717) is 12.5 Å². The van der Waals surface area contributed by atoms with Crippen LogP contribution in [0.2, 0.25) is 5.02 Å². The summed E-state index contributed by atoms with van der Waals surface area (Å²) >= 11 is 6.10. The Hall–Kier alpha value is -0.770. The number of likely N-dealkylation sites (N-methyl/N-ethyl adjacent to an activating group) is 1. The third kappa shape index (κ3) is 5.81. The Bertz CT molecular complexity index is 382. The predicted octanol–water partition coefficient (Wildman–Crippen LogP) is 3.17. The van der Waals surface area contributed by atoms with Crippen molar-refractivity contribution >= 4 is 17.3 Å². The monoisotopic (exact) mass is 284 g/mol. The first-order valence-corrected chi connectivity index (χ1v) is 7.11. The smallest absolute Gasteiger partial charge is 0.0637 e. The van der Waals surface area contributed by atoms with Gasteiger partial charge < -0.3 is 15.0 Å². The van der Waals surface area contributed by atoms with E-state index >= 15 is 0 Å². The van der Waals surface area contributed by atoms with Gasteiger partial charge in [0.15, 0.2) is 0 Å². The van der Waals surface area contributed by atoms with Gasteiger partial charge in [-0.05, 0) is 30.2 Å². The molecule has 0 unspecified atom stereocenters. The molecule has 0 amide bonds. The first-order valence-electron chi connectivity index (χ1n) is 6.73. The van der Waals surface area contributed by atoms with Crippen LogP contribution < -0.4 is 10.2 Å². The molecule has 4 heteroatoms. The molecule has 0 saturated heterocycles. The normalized spacial score (nSPS) is 11.1. The summed E-state index contributed by atoms with van der Waals surface area (Å²) < 4.78 is 5.13. The van der Waals surface area contributed by atoms with Gasteiger partial charge in [0.2, 0.25) is 0 Å². The number of rotatable bonds is 8. The molecule has 0 aliphatic heterocycles. The second-order valence-electron chi connectivity index (χ2n) is 5.21. The Morgan fingerprint density at radius 1 is 1.37 bits per heavy atom. The molecule has 1 aromatic carbocycles. The van der Waals surface area contributed by atoms with Crippen LogP contribution in [0.4, 0.5) is 5.69 Å². The van der Waals surface area contributed by atoms with E-state index in [-0.39, 0.29) is 0 Å². The van der Waals surface area contributed by atoms with Crippen LogP contribution in [-0.4, -0.2) is 33.9 Å². The lowest BCUT2D eigenvalue weighted by atomic mass is 10.1. The molecule has 0 radical (unpaired) electrons. The van der Waals surface area contributed by atoms with Gasteiger partial charge in [-0.3, -0.25) is 0 Å². The quantitative estimate of drug-likeness (QED) is 0.794. The highest BCUT2D eigenvalue weighted by atomic mass is 35.5. The van der Waals surface area contributed by atoms with Gasteiger partial charge in [-0.2, -0.15) is 0 Å². The van der Waals surface area contributed by atoms with Gasteiger partial charge in [0.25, 0.3) is 0 Å². The van der Waals surface area contributed by atoms with Gasteiger partial charge in [-0.15, -0.1) is 0 Å². The third-order valence-electron chi connectivity index (χ3n) is 2.96. The molecule has 0 heterocycles. The zero-order valence-corrected chi connectivity index (χ0v) is 13.1. The summed E-state index contributed by atoms with van der Waals surface area (Å²) in [6.45, 7) is 7.86. The molecule has 0 spiro atoms. The summed E-state index contributed by atoms with van der Waals surface area (Å²) in [5.74, 6) is 0.655. The molecule has 108 valence electrons. The Morgan fingerprint density at radius 3 is 2.74 bits per heavy atom. The molecule has 0 fully saturated rings. The third-order valence-corrected chi connectivity index (χ3v) is 3.19. The SMILES string of the molecule is COCCN(C)c1cc(Cl)ccc1CNCC(C)C. The van der Waals surface area contributed by atoms with Crippen LogP contribution in [-0.2, 0) is 11.3 Å². The van der Waals surface area contributed by atoms with E-state index in [0.717, 1.165) is 24.7 Å². The van der Waals surface area contributed by atoms with Crippen molar-refractivity contribution in [1.82, 2.24) is 5.32 Å². The van der Waals surface area contributed by atoms with Crippen LogP contribution in [0.1, 0.15) is 19.4 Å². The topological polar surface area (TPSA) is 24.5 Å². The van der Waals surface area contributed by atoms with Gasteiger partial charge in [0, 0.05) is 38.0 Å². The van der Waals surface area contributed by atoms with Crippen molar-refractivity contribution in [2.75, 3.05) is 38.8 Å². The summed E-state index contributed by atoms with van der Waals surface area (Å²) in [4.78, 5) is 2.18. The molecule has 1 aromatic rings. The fourth-order valence-electron chi connectivity index (χ4n) is 1.89. The zero-order valence-electron chi connectivity index (χ0n) is 12.4. The molecular formula is C15H25ClN2O. The molecule has 1 N–H and O–H groups in total. The molecule has 0 aliphatic rings. The van der Waals surface area contributed by atoms with Crippen molar-refractivity contribution in [2.24, 2.45) is 5.92 Å². The number of hydrogen-bond acceptors (Lipinski definition) is 3. The number of methoxy groups -OCH3 is 1. The standard InChI is InChI=1S/C15H25ClN2O/c1-12(2)10-17-11-13-5-6-14(16)9-15(13)18(3)7-8-19-4/h5-6,9,12,17H,7-8,10-11H2,1-4H3. The van der Waals surface area contributed by atoms with Crippen molar-refractivity contribution in [3.05, 3.63) is 28.8 Å². The molecule has 0 saturated carbocycles. The highest BCUT2D eigenvalue weighted by Gasteiger charge is 2.08. The lowest BCUT2D eigenvalue weighted by molar-refractivity contribution is 0.206. The number of halogens is 1. The van der Waals surface area contributed by atoms with E-state index in [1.807, 2.05) is 12.1 Å². The molecule has 0 aliphatic carbocycles. The Balaban J connectivity index is 2.73. The second-order valence-corrected chi connectivity index (χ2v) is 5.65. The van der Waals surface area contributed by atoms with Crippen LogP contribution in [0.25, 0.3) is 0 Å². The van der Waals surface area contributed by atoms with Crippen LogP contribution >= 0.6 is 11.6 Å². The maximum absolute atomic E-state index is 6.10. The second kappa shape index (κ2) is 8.41. The van der Waals surface area contributed by atoms with Crippen LogP contribution in [0.3, 0.4) is 0 Å². The van der Waals surface area contributed by atoms with E-state index in [9.17, 15) is 0 Å². The first kappa shape index (κ1) is 16.3. The molecule has 0 bridgehead atoms. The van der Waals surface area contributed by atoms with E-state index in [1.54, 1.807) is 7.11 Å². The van der Waals surface area contributed by atoms with E-state index < -0.39 is 0 Å². The van der Waals surface area contributed by atoms with Crippen molar-refractivity contribution < 1.29 is 4.74 Å². The van der Waals surface area contributed by atoms with Crippen LogP contribution in [0.5, 0.6) is 0 Å². The molecule has 0 atom stereocenters. The fraction of sp³-hybridized carbons (Fsp3) is 0.600. The average Bonchev–Trinajstić information content (AvgIpc) is 2.37. The zero-order chi connectivity index (χ0) is 14.3. The predicted molar refractivity (Wildman–Crippen MR) is 83.1 cm³/mol. The van der Waals surface area contributed by atoms with Gasteiger partial charge >= 0.3 is 0 Å². The van der Waals surface area contributed by atoms with Gasteiger partial charge in [0.05, 0.1) is 6.61 Å². The minimum absolute atomic E-state index is 0.655. The van der Waals surface area contributed by atoms with Crippen LogP contribution in [0.15, 0.2) is 18.2 Å². The number of benzene rings is 1. The highest BCUT2D eigenvalue weighted by molar-refractivity contribution is 6.30. The Morgan fingerprint density at radius 2 is 2.11 bits per heavy atom. The van der Waals surface area contributed by atoms with Gasteiger partial charge in [-0.25, -0.2) is 0 Å². The van der Waals surface area contributed by atoms with Crippen molar-refractivity contribution in [3.63, 3.8) is 0 Å². The largest absolute Gasteiger partial charge is 0.383 e. The van der Waals surface area contributed by atoms with E-state index in [1.165, 1.54) is 11.3 Å².